The summed E-state index contributed by atoms with van der Waals surface area (Å²) >= 11 is 1.13. The van der Waals surface area contributed by atoms with Gasteiger partial charge in [-0.2, -0.15) is 0 Å². The summed E-state index contributed by atoms with van der Waals surface area (Å²) in [5.74, 6) is 0.673. The molecule has 0 unspecified atom stereocenters. The second kappa shape index (κ2) is 6.53. The van der Waals surface area contributed by atoms with Gasteiger partial charge in [-0.25, -0.2) is 0 Å². The quantitative estimate of drug-likeness (QED) is 0.725. The molecule has 112 valence electrons. The van der Waals surface area contributed by atoms with E-state index in [1.807, 2.05) is 42.5 Å². The van der Waals surface area contributed by atoms with Crippen molar-refractivity contribution < 1.29 is 9.21 Å². The number of benzene rings is 1. The first-order chi connectivity index (χ1) is 10.7. The van der Waals surface area contributed by atoms with Crippen LogP contribution >= 0.6 is 11.5 Å². The van der Waals surface area contributed by atoms with Crippen molar-refractivity contribution in [1.82, 2.24) is 14.5 Å². The molecule has 0 aliphatic carbocycles. The van der Waals surface area contributed by atoms with E-state index in [-0.39, 0.29) is 5.91 Å². The first kappa shape index (κ1) is 14.5. The average molecular weight is 313 g/mol. The maximum Gasteiger partial charge on any atom is 0.268 e. The molecule has 0 atom stereocenters. The molecule has 3 aromatic rings. The number of amides is 1. The molecule has 2 aromatic heterocycles. The monoisotopic (exact) mass is 313 g/mol. The first-order valence-electron chi connectivity index (χ1n) is 6.88. The third-order valence-corrected chi connectivity index (χ3v) is 4.09. The predicted octanol–water partition coefficient (Wildman–Crippen LogP) is 3.28. The van der Waals surface area contributed by atoms with E-state index in [2.05, 4.69) is 9.59 Å². The summed E-state index contributed by atoms with van der Waals surface area (Å²) in [6.45, 7) is 2.72. The van der Waals surface area contributed by atoms with Gasteiger partial charge in [0.2, 0.25) is 0 Å². The number of carbonyl (C=O) groups excluding carboxylic acids is 1. The fraction of sp³-hybridized carbons (Fsp3) is 0.188. The third-order valence-electron chi connectivity index (χ3n) is 3.28. The molecule has 1 aromatic carbocycles. The zero-order valence-corrected chi connectivity index (χ0v) is 12.9. The summed E-state index contributed by atoms with van der Waals surface area (Å²) in [7, 11) is 0. The molecule has 0 bridgehead atoms. The van der Waals surface area contributed by atoms with Gasteiger partial charge in [-0.05, 0) is 36.2 Å². The summed E-state index contributed by atoms with van der Waals surface area (Å²) in [5, 5.41) is 3.92. The van der Waals surface area contributed by atoms with Crippen LogP contribution in [0, 0.1) is 6.92 Å². The lowest BCUT2D eigenvalue weighted by molar-refractivity contribution is 0.0721. The van der Waals surface area contributed by atoms with Crippen molar-refractivity contribution in [3.8, 4) is 0 Å². The van der Waals surface area contributed by atoms with Gasteiger partial charge < -0.3 is 9.32 Å². The van der Waals surface area contributed by atoms with E-state index in [0.717, 1.165) is 22.9 Å². The molecule has 0 aliphatic rings. The number of carbonyl (C=O) groups is 1. The van der Waals surface area contributed by atoms with Gasteiger partial charge in [-0.15, -0.1) is 5.10 Å². The van der Waals surface area contributed by atoms with Crippen LogP contribution in [0.1, 0.15) is 26.7 Å². The number of hydrogen-bond acceptors (Lipinski definition) is 5. The van der Waals surface area contributed by atoms with E-state index >= 15 is 0 Å². The van der Waals surface area contributed by atoms with Crippen LogP contribution in [0.3, 0.4) is 0 Å². The summed E-state index contributed by atoms with van der Waals surface area (Å²) < 4.78 is 9.23. The zero-order chi connectivity index (χ0) is 15.4. The molecule has 6 heteroatoms. The van der Waals surface area contributed by atoms with E-state index in [0.29, 0.717) is 23.7 Å². The van der Waals surface area contributed by atoms with Crippen molar-refractivity contribution in [1.29, 1.82) is 0 Å². The van der Waals surface area contributed by atoms with Crippen LogP contribution in [0.2, 0.25) is 0 Å². The zero-order valence-electron chi connectivity index (χ0n) is 12.1. The van der Waals surface area contributed by atoms with Crippen molar-refractivity contribution in [3.05, 3.63) is 70.6 Å². The number of nitrogens with zero attached hydrogens (tertiary/aromatic N) is 3. The number of hydrogen-bond donors (Lipinski definition) is 0. The molecule has 1 amide bonds. The number of aromatic nitrogens is 2. The van der Waals surface area contributed by atoms with Crippen LogP contribution in [0.25, 0.3) is 0 Å². The van der Waals surface area contributed by atoms with E-state index < -0.39 is 0 Å². The third kappa shape index (κ3) is 3.23. The Morgan fingerprint density at radius 3 is 2.64 bits per heavy atom. The average Bonchev–Trinajstić information content (AvgIpc) is 3.18. The molecule has 0 radical (unpaired) electrons. The first-order valence-corrected chi connectivity index (χ1v) is 7.66. The summed E-state index contributed by atoms with van der Waals surface area (Å²) in [6, 6.07) is 13.6. The van der Waals surface area contributed by atoms with Crippen LogP contribution in [0.5, 0.6) is 0 Å². The normalized spacial score (nSPS) is 10.6. The van der Waals surface area contributed by atoms with Gasteiger partial charge in [0.05, 0.1) is 18.5 Å². The molecule has 5 nitrogen and oxygen atoms in total. The fourth-order valence-corrected chi connectivity index (χ4v) is 2.79. The maximum absolute atomic E-state index is 12.8. The largest absolute Gasteiger partial charge is 0.467 e. The Kier molecular flexibility index (Phi) is 4.29. The molecular weight excluding hydrogens is 298 g/mol. The minimum Gasteiger partial charge on any atom is -0.467 e. The fourth-order valence-electron chi connectivity index (χ4n) is 2.17. The molecule has 0 N–H and O–H groups in total. The van der Waals surface area contributed by atoms with Gasteiger partial charge in [0.15, 0.2) is 0 Å². The molecule has 0 saturated heterocycles. The maximum atomic E-state index is 12.8. The minimum atomic E-state index is -0.0762. The van der Waals surface area contributed by atoms with Gasteiger partial charge in [0, 0.05) is 6.54 Å². The van der Waals surface area contributed by atoms with Crippen LogP contribution in [0.4, 0.5) is 0 Å². The number of aryl methyl sites for hydroxylation is 1. The van der Waals surface area contributed by atoms with Crippen LogP contribution < -0.4 is 0 Å². The highest BCUT2D eigenvalue weighted by atomic mass is 32.1. The molecule has 2 heterocycles. The van der Waals surface area contributed by atoms with Crippen molar-refractivity contribution in [2.45, 2.75) is 20.0 Å². The smallest absolute Gasteiger partial charge is 0.268 e. The number of rotatable bonds is 5. The lowest BCUT2D eigenvalue weighted by Gasteiger charge is -2.21. The second-order valence-electron chi connectivity index (χ2n) is 4.91. The Hall–Kier alpha value is -2.47. The molecule has 0 saturated carbocycles. The van der Waals surface area contributed by atoms with Crippen LogP contribution in [-0.2, 0) is 13.1 Å². The Labute approximate surface area is 132 Å². The van der Waals surface area contributed by atoms with E-state index in [1.54, 1.807) is 18.1 Å². The predicted molar refractivity (Wildman–Crippen MR) is 83.4 cm³/mol. The second-order valence-corrected chi connectivity index (χ2v) is 5.67. The van der Waals surface area contributed by atoms with Gasteiger partial charge in [0.25, 0.3) is 5.91 Å². The summed E-state index contributed by atoms with van der Waals surface area (Å²) in [6.07, 6.45) is 1.61. The molecule has 3 rings (SSSR count). The molecular formula is C16H15N3O2S. The Morgan fingerprint density at radius 2 is 2.00 bits per heavy atom. The Balaban J connectivity index is 1.85. The standard InChI is InChI=1S/C16H15N3O2S/c1-12-15(22-18-17-12)16(20)19(11-14-8-5-9-21-14)10-13-6-3-2-4-7-13/h2-9H,10-11H2,1H3. The topological polar surface area (TPSA) is 59.2 Å². The van der Waals surface area contributed by atoms with Crippen LogP contribution in [0.15, 0.2) is 53.1 Å². The number of furan rings is 1. The van der Waals surface area contributed by atoms with Gasteiger partial charge >= 0.3 is 0 Å². The lowest BCUT2D eigenvalue weighted by Crippen LogP contribution is -2.29. The molecule has 22 heavy (non-hydrogen) atoms. The molecule has 0 spiro atoms. The van der Waals surface area contributed by atoms with Gasteiger partial charge in [-0.3, -0.25) is 4.79 Å². The molecule has 0 fully saturated rings. The SMILES string of the molecule is Cc1nnsc1C(=O)N(Cc1ccccc1)Cc1ccco1. The van der Waals surface area contributed by atoms with Gasteiger partial charge in [0.1, 0.15) is 10.6 Å². The van der Waals surface area contributed by atoms with Crippen LogP contribution in [-0.4, -0.2) is 20.4 Å². The van der Waals surface area contributed by atoms with E-state index in [1.165, 1.54) is 0 Å². The highest BCUT2D eigenvalue weighted by Gasteiger charge is 2.22. The van der Waals surface area contributed by atoms with Crippen molar-refractivity contribution in [3.63, 3.8) is 0 Å². The van der Waals surface area contributed by atoms with E-state index in [4.69, 9.17) is 4.42 Å². The van der Waals surface area contributed by atoms with Crippen molar-refractivity contribution in [2.75, 3.05) is 0 Å². The summed E-state index contributed by atoms with van der Waals surface area (Å²) in [5.41, 5.74) is 1.73. The van der Waals surface area contributed by atoms with Crippen molar-refractivity contribution >= 4 is 17.4 Å². The highest BCUT2D eigenvalue weighted by molar-refractivity contribution is 7.07. The van der Waals surface area contributed by atoms with Crippen molar-refractivity contribution in [2.24, 2.45) is 0 Å². The van der Waals surface area contributed by atoms with E-state index in [9.17, 15) is 4.79 Å². The highest BCUT2D eigenvalue weighted by Crippen LogP contribution is 2.18. The Bertz CT molecular complexity index is 738. The summed E-state index contributed by atoms with van der Waals surface area (Å²) in [4.78, 5) is 15.1. The molecule has 0 aliphatic heterocycles. The Morgan fingerprint density at radius 1 is 1.18 bits per heavy atom. The minimum absolute atomic E-state index is 0.0762. The van der Waals surface area contributed by atoms with Gasteiger partial charge in [-0.1, -0.05) is 34.8 Å². The lowest BCUT2D eigenvalue weighted by atomic mass is 10.2.